The first-order chi connectivity index (χ1) is 7.08. The van der Waals surface area contributed by atoms with Crippen molar-refractivity contribution in [1.82, 2.24) is 0 Å². The van der Waals surface area contributed by atoms with Gasteiger partial charge in [-0.25, -0.2) is 0 Å². The van der Waals surface area contributed by atoms with Crippen molar-refractivity contribution in [2.75, 3.05) is 52.9 Å². The first kappa shape index (κ1) is 10.9. The molecule has 0 aromatic carbocycles. The van der Waals surface area contributed by atoms with Crippen molar-refractivity contribution in [3.05, 3.63) is 0 Å². The molecule has 4 nitrogen and oxygen atoms in total. The van der Waals surface area contributed by atoms with Gasteiger partial charge in [-0.2, -0.15) is 0 Å². The first-order valence-corrected chi connectivity index (χ1v) is 6.06. The Hall–Kier alpha value is -0.610. The van der Waals surface area contributed by atoms with E-state index in [0.29, 0.717) is 6.04 Å². The lowest BCUT2D eigenvalue weighted by atomic mass is 10.1. The Bertz CT molecular complexity index is 237. The number of rotatable bonds is 3. The van der Waals surface area contributed by atoms with E-state index in [4.69, 9.17) is 5.73 Å². The number of hydrogen-bond donors (Lipinski definition) is 2. The molecular weight excluding hydrogens is 188 g/mol. The molecule has 0 saturated carbocycles. The summed E-state index contributed by atoms with van der Waals surface area (Å²) >= 11 is 0. The van der Waals surface area contributed by atoms with Crippen LogP contribution in [0.4, 0.5) is 0 Å². The Morgan fingerprint density at radius 1 is 1.20 bits per heavy atom. The molecule has 0 unspecified atom stereocenters. The van der Waals surface area contributed by atoms with E-state index in [1.807, 2.05) is 0 Å². The zero-order valence-electron chi connectivity index (χ0n) is 10.1. The molecule has 3 aliphatic rings. The molecule has 0 aliphatic carbocycles. The Balaban J connectivity index is 1.97. The standard InChI is InChI=1S/C11H24N4/c1-11(13-10-12)9-15-6-3-14(2,4-7-15)5-8-15/h10-11H,3-9H2,1-2H3,(H2,12,13)/q+2/p+1/t11-,14?,15?/m0/s1. The maximum absolute atomic E-state index is 5.40. The first-order valence-electron chi connectivity index (χ1n) is 6.06. The number of nitrogens with one attached hydrogen (secondary N) is 1. The van der Waals surface area contributed by atoms with Gasteiger partial charge in [0.25, 0.3) is 0 Å². The molecule has 4 heteroatoms. The molecule has 3 saturated heterocycles. The SMILES string of the molecule is C[C@@H](C[N+]12CC[N+](C)(CC1)CC2)[NH+]=CN. The van der Waals surface area contributed by atoms with Gasteiger partial charge in [-0.3, -0.25) is 10.7 Å². The summed E-state index contributed by atoms with van der Waals surface area (Å²) in [6.07, 6.45) is 1.58. The molecule has 1 atom stereocenters. The number of fused-ring (bicyclic) bond motifs is 3. The predicted molar refractivity (Wildman–Crippen MR) is 61.2 cm³/mol. The van der Waals surface area contributed by atoms with Crippen LogP contribution in [0.5, 0.6) is 0 Å². The van der Waals surface area contributed by atoms with E-state index < -0.39 is 0 Å². The van der Waals surface area contributed by atoms with E-state index >= 15 is 0 Å². The van der Waals surface area contributed by atoms with Gasteiger partial charge >= 0.3 is 0 Å². The smallest absolute Gasteiger partial charge is 0.228 e. The van der Waals surface area contributed by atoms with Gasteiger partial charge < -0.3 is 8.97 Å². The molecular formula is C11H25N4+3. The highest BCUT2D eigenvalue weighted by molar-refractivity contribution is 5.43. The zero-order chi connectivity index (χ0) is 10.9. The highest BCUT2D eigenvalue weighted by atomic mass is 15.5. The van der Waals surface area contributed by atoms with Gasteiger partial charge in [0.1, 0.15) is 51.9 Å². The topological polar surface area (TPSA) is 40.0 Å². The quantitative estimate of drug-likeness (QED) is 0.310. The van der Waals surface area contributed by atoms with E-state index in [1.54, 1.807) is 6.34 Å². The van der Waals surface area contributed by atoms with Crippen LogP contribution in [0.1, 0.15) is 6.92 Å². The number of nitrogens with two attached hydrogens (primary N) is 1. The second-order valence-electron chi connectivity index (χ2n) is 5.72. The Morgan fingerprint density at radius 3 is 2.20 bits per heavy atom. The van der Waals surface area contributed by atoms with Crippen molar-refractivity contribution in [3.63, 3.8) is 0 Å². The van der Waals surface area contributed by atoms with E-state index in [-0.39, 0.29) is 0 Å². The molecule has 0 spiro atoms. The summed E-state index contributed by atoms with van der Waals surface area (Å²) in [6, 6.07) is 0.505. The third-order valence-electron chi connectivity index (χ3n) is 4.38. The molecule has 15 heavy (non-hydrogen) atoms. The number of hydrogen-bond acceptors (Lipinski definition) is 0. The van der Waals surface area contributed by atoms with Gasteiger partial charge in [0.15, 0.2) is 0 Å². The molecule has 2 bridgehead atoms. The molecule has 3 aliphatic heterocycles. The van der Waals surface area contributed by atoms with Crippen molar-refractivity contribution in [2.45, 2.75) is 13.0 Å². The predicted octanol–water partition coefficient (Wildman–Crippen LogP) is -2.27. The molecule has 3 N–H and O–H groups in total. The van der Waals surface area contributed by atoms with Crippen molar-refractivity contribution in [2.24, 2.45) is 5.73 Å². The van der Waals surface area contributed by atoms with E-state index in [1.165, 1.54) is 54.8 Å². The van der Waals surface area contributed by atoms with Crippen LogP contribution >= 0.6 is 0 Å². The molecule has 0 amide bonds. The van der Waals surface area contributed by atoms with Gasteiger partial charge in [0, 0.05) is 0 Å². The Morgan fingerprint density at radius 2 is 1.73 bits per heavy atom. The average Bonchev–Trinajstić information content (AvgIpc) is 2.21. The van der Waals surface area contributed by atoms with E-state index in [9.17, 15) is 0 Å². The lowest BCUT2D eigenvalue weighted by molar-refractivity contribution is -1.08. The number of likely N-dealkylation sites (N-methyl/N-ethyl adjacent to an activating group) is 1. The van der Waals surface area contributed by atoms with Gasteiger partial charge in [-0.1, -0.05) is 0 Å². The minimum absolute atomic E-state index is 0.505. The van der Waals surface area contributed by atoms with Gasteiger partial charge in [-0.05, 0) is 6.92 Å². The fourth-order valence-electron chi connectivity index (χ4n) is 3.10. The summed E-state index contributed by atoms with van der Waals surface area (Å²) in [5, 5.41) is 0. The van der Waals surface area contributed by atoms with Crippen LogP contribution in [0.15, 0.2) is 0 Å². The minimum atomic E-state index is 0.505. The summed E-state index contributed by atoms with van der Waals surface area (Å²) in [5.41, 5.74) is 5.40. The van der Waals surface area contributed by atoms with Crippen LogP contribution < -0.4 is 10.7 Å². The third kappa shape index (κ3) is 2.16. The number of quaternary nitrogens is 2. The summed E-state index contributed by atoms with van der Waals surface area (Å²) in [6.45, 7) is 11.6. The van der Waals surface area contributed by atoms with Gasteiger partial charge in [0.2, 0.25) is 6.34 Å². The van der Waals surface area contributed by atoms with E-state index in [0.717, 1.165) is 0 Å². The summed E-state index contributed by atoms with van der Waals surface area (Å²) in [5.74, 6) is 0. The number of piperazine rings is 3. The van der Waals surface area contributed by atoms with Crippen molar-refractivity contribution < 1.29 is 14.0 Å². The minimum Gasteiger partial charge on any atom is -0.312 e. The Labute approximate surface area is 92.6 Å². The largest absolute Gasteiger partial charge is 0.312 e. The zero-order valence-corrected chi connectivity index (χ0v) is 10.1. The van der Waals surface area contributed by atoms with E-state index in [2.05, 4.69) is 19.0 Å². The molecule has 0 radical (unpaired) electrons. The highest BCUT2D eigenvalue weighted by Crippen LogP contribution is 2.24. The van der Waals surface area contributed by atoms with Crippen molar-refractivity contribution in [1.29, 1.82) is 0 Å². The maximum Gasteiger partial charge on any atom is 0.228 e. The van der Waals surface area contributed by atoms with Crippen LogP contribution in [0.3, 0.4) is 0 Å². The summed E-state index contributed by atoms with van der Waals surface area (Å²) in [7, 11) is 2.41. The molecule has 0 aromatic heterocycles. The normalized spacial score (nSPS) is 42.3. The van der Waals surface area contributed by atoms with Crippen LogP contribution in [0.2, 0.25) is 0 Å². The fraction of sp³-hybridized carbons (Fsp3) is 0.909. The summed E-state index contributed by atoms with van der Waals surface area (Å²) < 4.78 is 2.63. The van der Waals surface area contributed by atoms with Gasteiger partial charge in [0.05, 0.1) is 7.05 Å². The Kier molecular flexibility index (Phi) is 2.73. The monoisotopic (exact) mass is 213 g/mol. The van der Waals surface area contributed by atoms with Crippen LogP contribution in [0.25, 0.3) is 0 Å². The second-order valence-corrected chi connectivity index (χ2v) is 5.72. The highest BCUT2D eigenvalue weighted by Gasteiger charge is 2.47. The van der Waals surface area contributed by atoms with Crippen molar-refractivity contribution >= 4 is 6.34 Å². The van der Waals surface area contributed by atoms with Crippen LogP contribution in [-0.2, 0) is 0 Å². The molecule has 3 heterocycles. The molecule has 3 rings (SSSR count). The lowest BCUT2D eigenvalue weighted by Crippen LogP contribution is -2.83. The van der Waals surface area contributed by atoms with Crippen LogP contribution in [0, 0.1) is 0 Å². The molecule has 0 aromatic rings. The average molecular weight is 213 g/mol. The third-order valence-corrected chi connectivity index (χ3v) is 4.38. The van der Waals surface area contributed by atoms with Gasteiger partial charge in [-0.15, -0.1) is 0 Å². The maximum atomic E-state index is 5.40. The fourth-order valence-corrected chi connectivity index (χ4v) is 3.10. The summed E-state index contributed by atoms with van der Waals surface area (Å²) in [4.78, 5) is 3.21. The second kappa shape index (κ2) is 3.76. The molecule has 86 valence electrons. The van der Waals surface area contributed by atoms with Crippen molar-refractivity contribution in [3.8, 4) is 0 Å². The number of nitrogens with zero attached hydrogens (tertiary/aromatic N) is 2. The molecule has 3 fully saturated rings. The van der Waals surface area contributed by atoms with Crippen LogP contribution in [-0.4, -0.2) is 74.2 Å². The lowest BCUT2D eigenvalue weighted by Gasteiger charge is -2.54.